The quantitative estimate of drug-likeness (QED) is 0.171. The SMILES string of the molecule is NNC(=O)CC[C@H]([NH3+])C(=O)NN. The van der Waals surface area contributed by atoms with Crippen LogP contribution >= 0.6 is 0 Å². The predicted molar refractivity (Wildman–Crippen MR) is 40.6 cm³/mol. The molecule has 0 aromatic carbocycles. The molecule has 7 heteroatoms. The zero-order valence-corrected chi connectivity index (χ0v) is 6.67. The van der Waals surface area contributed by atoms with E-state index >= 15 is 0 Å². The van der Waals surface area contributed by atoms with E-state index in [2.05, 4.69) is 5.73 Å². The molecular weight excluding hydrogens is 162 g/mol. The highest BCUT2D eigenvalue weighted by molar-refractivity contribution is 5.81. The minimum atomic E-state index is -0.521. The van der Waals surface area contributed by atoms with Gasteiger partial charge in [-0.1, -0.05) is 0 Å². The highest BCUT2D eigenvalue weighted by Gasteiger charge is 2.16. The summed E-state index contributed by atoms with van der Waals surface area (Å²) in [6.07, 6.45) is 0.490. The third kappa shape index (κ3) is 3.86. The van der Waals surface area contributed by atoms with Gasteiger partial charge >= 0.3 is 0 Å². The van der Waals surface area contributed by atoms with Gasteiger partial charge in [-0.25, -0.2) is 11.7 Å². The van der Waals surface area contributed by atoms with Gasteiger partial charge < -0.3 is 5.73 Å². The van der Waals surface area contributed by atoms with Gasteiger partial charge in [0.2, 0.25) is 5.91 Å². The van der Waals surface area contributed by atoms with Crippen molar-refractivity contribution in [2.75, 3.05) is 0 Å². The molecule has 0 aromatic rings. The minimum absolute atomic E-state index is 0.165. The molecule has 0 heterocycles. The Hall–Kier alpha value is -1.18. The molecule has 0 spiro atoms. The van der Waals surface area contributed by atoms with E-state index in [0.717, 1.165) is 0 Å². The van der Waals surface area contributed by atoms with Crippen molar-refractivity contribution in [1.29, 1.82) is 0 Å². The Kier molecular flexibility index (Phi) is 4.93. The van der Waals surface area contributed by atoms with Crippen LogP contribution in [0.5, 0.6) is 0 Å². The summed E-state index contributed by atoms with van der Waals surface area (Å²) in [6.45, 7) is 0. The molecule has 0 aliphatic carbocycles. The molecule has 1 atom stereocenters. The molecular formula is C5H14N5O2+. The summed E-state index contributed by atoms with van der Waals surface area (Å²) < 4.78 is 0. The summed E-state index contributed by atoms with van der Waals surface area (Å²) in [5.74, 6) is 8.95. The van der Waals surface area contributed by atoms with Crippen molar-refractivity contribution in [2.24, 2.45) is 11.7 Å². The van der Waals surface area contributed by atoms with Crippen LogP contribution in [0.15, 0.2) is 0 Å². The van der Waals surface area contributed by atoms with E-state index in [9.17, 15) is 9.59 Å². The molecule has 0 saturated heterocycles. The van der Waals surface area contributed by atoms with Gasteiger partial charge in [-0.05, 0) is 0 Å². The maximum absolute atomic E-state index is 10.8. The van der Waals surface area contributed by atoms with E-state index in [4.69, 9.17) is 11.7 Å². The average Bonchev–Trinajstić information content (AvgIpc) is 2.11. The average molecular weight is 176 g/mol. The first-order valence-corrected chi connectivity index (χ1v) is 3.44. The molecule has 0 rings (SSSR count). The second kappa shape index (κ2) is 5.47. The highest BCUT2D eigenvalue weighted by atomic mass is 16.2. The van der Waals surface area contributed by atoms with Crippen LogP contribution in [0, 0.1) is 0 Å². The van der Waals surface area contributed by atoms with E-state index in [1.54, 1.807) is 0 Å². The normalized spacial score (nSPS) is 11.9. The molecule has 0 saturated carbocycles. The van der Waals surface area contributed by atoms with Crippen LogP contribution in [0.1, 0.15) is 12.8 Å². The van der Waals surface area contributed by atoms with Crippen LogP contribution < -0.4 is 28.3 Å². The van der Waals surface area contributed by atoms with Gasteiger partial charge in [-0.2, -0.15) is 0 Å². The number of hydrogen-bond acceptors (Lipinski definition) is 4. The molecule has 0 bridgehead atoms. The van der Waals surface area contributed by atoms with E-state index in [1.165, 1.54) is 0 Å². The fourth-order valence-electron chi connectivity index (χ4n) is 0.626. The lowest BCUT2D eigenvalue weighted by Gasteiger charge is -2.04. The number of carbonyl (C=O) groups excluding carboxylic acids is 2. The van der Waals surface area contributed by atoms with Crippen LogP contribution in [-0.4, -0.2) is 17.9 Å². The predicted octanol–water partition coefficient (Wildman–Crippen LogP) is -3.64. The first-order chi connectivity index (χ1) is 5.61. The summed E-state index contributed by atoms with van der Waals surface area (Å²) in [7, 11) is 0. The molecule has 0 aliphatic rings. The lowest BCUT2D eigenvalue weighted by atomic mass is 10.1. The topological polar surface area (TPSA) is 138 Å². The molecule has 0 fully saturated rings. The van der Waals surface area contributed by atoms with Crippen molar-refractivity contribution in [2.45, 2.75) is 18.9 Å². The maximum Gasteiger partial charge on any atom is 0.291 e. The van der Waals surface area contributed by atoms with Crippen LogP contribution in [0.3, 0.4) is 0 Å². The number of carbonyl (C=O) groups is 2. The molecule has 0 aliphatic heterocycles. The van der Waals surface area contributed by atoms with E-state index in [-0.39, 0.29) is 18.2 Å². The second-order valence-corrected chi connectivity index (χ2v) is 2.31. The van der Waals surface area contributed by atoms with Crippen LogP contribution in [0.4, 0.5) is 0 Å². The standard InChI is InChI=1S/C5H13N5O2/c6-3(5(12)10-8)1-2-4(11)9-7/h3H,1-2,6-8H2,(H,9,11)(H,10,12)/p+1/t3-/m0/s1. The van der Waals surface area contributed by atoms with Crippen molar-refractivity contribution < 1.29 is 15.3 Å². The van der Waals surface area contributed by atoms with Crippen molar-refractivity contribution in [3.8, 4) is 0 Å². The smallest absolute Gasteiger partial charge is 0.291 e. The molecule has 9 N–H and O–H groups in total. The second-order valence-electron chi connectivity index (χ2n) is 2.31. The third-order valence-electron chi connectivity index (χ3n) is 1.39. The number of rotatable bonds is 4. The number of hydrogen-bond donors (Lipinski definition) is 5. The monoisotopic (exact) mass is 176 g/mol. The first kappa shape index (κ1) is 10.8. The van der Waals surface area contributed by atoms with Gasteiger partial charge in [0.1, 0.15) is 0 Å². The fourth-order valence-corrected chi connectivity index (χ4v) is 0.626. The first-order valence-electron chi connectivity index (χ1n) is 3.44. The summed E-state index contributed by atoms with van der Waals surface area (Å²) in [5.41, 5.74) is 7.39. The van der Waals surface area contributed by atoms with Gasteiger partial charge in [-0.15, -0.1) is 0 Å². The Bertz CT molecular complexity index is 171. The molecule has 0 radical (unpaired) electrons. The van der Waals surface area contributed by atoms with E-state index in [1.807, 2.05) is 10.9 Å². The molecule has 0 aromatic heterocycles. The molecule has 2 amide bonds. The van der Waals surface area contributed by atoms with Gasteiger partial charge in [0, 0.05) is 12.8 Å². The lowest BCUT2D eigenvalue weighted by molar-refractivity contribution is -0.404. The van der Waals surface area contributed by atoms with Crippen molar-refractivity contribution in [3.05, 3.63) is 0 Å². The van der Waals surface area contributed by atoms with Gasteiger partial charge in [-0.3, -0.25) is 20.4 Å². The van der Waals surface area contributed by atoms with E-state index < -0.39 is 6.04 Å². The number of nitrogens with one attached hydrogen (secondary N) is 2. The Balaban J connectivity index is 3.63. The lowest BCUT2D eigenvalue weighted by Crippen LogP contribution is -2.68. The summed E-state index contributed by atoms with van der Waals surface area (Å²) in [5, 5.41) is 0. The Morgan fingerprint density at radius 3 is 2.33 bits per heavy atom. The summed E-state index contributed by atoms with van der Waals surface area (Å²) >= 11 is 0. The summed E-state index contributed by atoms with van der Waals surface area (Å²) in [4.78, 5) is 21.4. The maximum atomic E-state index is 10.8. The van der Waals surface area contributed by atoms with Crippen LogP contribution in [0.25, 0.3) is 0 Å². The summed E-state index contributed by atoms with van der Waals surface area (Å²) in [6, 6.07) is -0.521. The van der Waals surface area contributed by atoms with Crippen molar-refractivity contribution in [1.82, 2.24) is 10.9 Å². The number of hydrazine groups is 2. The largest absolute Gasteiger partial charge is 0.347 e. The molecule has 12 heavy (non-hydrogen) atoms. The van der Waals surface area contributed by atoms with Crippen LogP contribution in [0.2, 0.25) is 0 Å². The number of quaternary nitrogens is 1. The van der Waals surface area contributed by atoms with Crippen molar-refractivity contribution in [3.63, 3.8) is 0 Å². The van der Waals surface area contributed by atoms with Crippen molar-refractivity contribution >= 4 is 11.8 Å². The third-order valence-corrected chi connectivity index (χ3v) is 1.39. The Morgan fingerprint density at radius 1 is 1.33 bits per heavy atom. The number of nitrogens with two attached hydrogens (primary N) is 2. The minimum Gasteiger partial charge on any atom is -0.347 e. The zero-order valence-electron chi connectivity index (χ0n) is 6.67. The molecule has 7 nitrogen and oxygen atoms in total. The van der Waals surface area contributed by atoms with Crippen LogP contribution in [-0.2, 0) is 9.59 Å². The van der Waals surface area contributed by atoms with Gasteiger partial charge in [0.05, 0.1) is 0 Å². The molecule has 0 unspecified atom stereocenters. The van der Waals surface area contributed by atoms with Gasteiger partial charge in [0.15, 0.2) is 6.04 Å². The zero-order chi connectivity index (χ0) is 9.56. The fraction of sp³-hybridized carbons (Fsp3) is 0.600. The Morgan fingerprint density at radius 2 is 1.92 bits per heavy atom. The van der Waals surface area contributed by atoms with E-state index in [0.29, 0.717) is 6.42 Å². The molecule has 70 valence electrons. The van der Waals surface area contributed by atoms with Gasteiger partial charge in [0.25, 0.3) is 5.91 Å². The number of amides is 2. The Labute approximate surface area is 69.6 Å². The highest BCUT2D eigenvalue weighted by Crippen LogP contribution is 1.91.